The molecule has 0 aliphatic carbocycles. The highest BCUT2D eigenvalue weighted by molar-refractivity contribution is 5.96. The lowest BCUT2D eigenvalue weighted by atomic mass is 9.84. The van der Waals surface area contributed by atoms with E-state index in [2.05, 4.69) is 0 Å². The predicted molar refractivity (Wildman–Crippen MR) is 82.2 cm³/mol. The Bertz CT molecular complexity index is 526. The molecule has 2 rings (SSSR count). The fourth-order valence-corrected chi connectivity index (χ4v) is 2.91. The molecular formula is C17H23NO2. The van der Waals surface area contributed by atoms with Gasteiger partial charge in [0.2, 0.25) is 0 Å². The zero-order valence-electron chi connectivity index (χ0n) is 12.6. The van der Waals surface area contributed by atoms with Crippen LogP contribution in [0, 0.1) is 5.92 Å². The maximum atomic E-state index is 12.4. The molecule has 3 heteroatoms. The molecule has 0 saturated carbocycles. The van der Waals surface area contributed by atoms with Crippen molar-refractivity contribution in [1.29, 1.82) is 0 Å². The molecule has 0 radical (unpaired) electrons. The van der Waals surface area contributed by atoms with Gasteiger partial charge in [-0.25, -0.2) is 0 Å². The summed E-state index contributed by atoms with van der Waals surface area (Å²) in [5.41, 5.74) is 6.69. The first-order valence-corrected chi connectivity index (χ1v) is 6.97. The van der Waals surface area contributed by atoms with Crippen LogP contribution < -0.4 is 5.73 Å². The maximum absolute atomic E-state index is 12.4. The number of nitrogen functional groups attached to an aromatic ring is 1. The smallest absolute Gasteiger partial charge is 0.161 e. The number of allylic oxidation sites excluding steroid dienone is 1. The van der Waals surface area contributed by atoms with Crippen molar-refractivity contribution in [1.82, 2.24) is 0 Å². The van der Waals surface area contributed by atoms with Gasteiger partial charge in [-0.1, -0.05) is 18.2 Å². The third kappa shape index (κ3) is 3.28. The Labute approximate surface area is 120 Å². The van der Waals surface area contributed by atoms with E-state index in [9.17, 15) is 4.79 Å². The number of ether oxygens (including phenoxy) is 1. The molecule has 1 unspecified atom stereocenters. The first-order chi connectivity index (χ1) is 9.20. The fraction of sp³-hybridized carbons (Fsp3) is 0.471. The van der Waals surface area contributed by atoms with Crippen LogP contribution in [0.2, 0.25) is 0 Å². The number of hydrogen-bond donors (Lipinski definition) is 1. The van der Waals surface area contributed by atoms with Crippen LogP contribution in [-0.2, 0) is 9.53 Å². The van der Waals surface area contributed by atoms with Gasteiger partial charge in [0.05, 0.1) is 17.1 Å². The van der Waals surface area contributed by atoms with Crippen molar-refractivity contribution in [3.05, 3.63) is 35.9 Å². The van der Waals surface area contributed by atoms with Crippen molar-refractivity contribution in [3.63, 3.8) is 0 Å². The predicted octanol–water partition coefficient (Wildman–Crippen LogP) is 3.44. The van der Waals surface area contributed by atoms with Gasteiger partial charge in [-0.15, -0.1) is 0 Å². The summed E-state index contributed by atoms with van der Waals surface area (Å²) in [5, 5.41) is 0. The fourth-order valence-electron chi connectivity index (χ4n) is 2.91. The molecule has 1 aliphatic rings. The van der Waals surface area contributed by atoms with Crippen LogP contribution in [0.15, 0.2) is 30.3 Å². The summed E-state index contributed by atoms with van der Waals surface area (Å²) in [5.74, 6) is 0.0277. The van der Waals surface area contributed by atoms with Crippen LogP contribution >= 0.6 is 0 Å². The normalized spacial score (nSPS) is 24.1. The summed E-state index contributed by atoms with van der Waals surface area (Å²) in [4.78, 5) is 12.4. The van der Waals surface area contributed by atoms with Gasteiger partial charge in [0.15, 0.2) is 5.78 Å². The molecule has 108 valence electrons. The molecule has 3 nitrogen and oxygen atoms in total. The van der Waals surface area contributed by atoms with Crippen LogP contribution in [0.4, 0.5) is 5.69 Å². The second-order valence-electron chi connectivity index (χ2n) is 6.62. The largest absolute Gasteiger partial charge is 0.399 e. The number of anilines is 1. The van der Waals surface area contributed by atoms with E-state index >= 15 is 0 Å². The van der Waals surface area contributed by atoms with E-state index in [0.717, 1.165) is 17.7 Å². The summed E-state index contributed by atoms with van der Waals surface area (Å²) < 4.78 is 5.97. The third-order valence-electron chi connectivity index (χ3n) is 3.79. The first kappa shape index (κ1) is 14.8. The molecule has 0 spiro atoms. The Morgan fingerprint density at radius 1 is 1.25 bits per heavy atom. The van der Waals surface area contributed by atoms with E-state index in [-0.39, 0.29) is 17.3 Å². The van der Waals surface area contributed by atoms with E-state index in [0.29, 0.717) is 0 Å². The average molecular weight is 273 g/mol. The van der Waals surface area contributed by atoms with Crippen LogP contribution in [-0.4, -0.2) is 17.0 Å². The molecule has 1 aliphatic heterocycles. The van der Waals surface area contributed by atoms with E-state index in [1.807, 2.05) is 58.0 Å². The molecule has 1 aromatic rings. The van der Waals surface area contributed by atoms with Crippen molar-refractivity contribution >= 4 is 17.5 Å². The molecular weight excluding hydrogens is 250 g/mol. The van der Waals surface area contributed by atoms with Crippen molar-refractivity contribution in [2.45, 2.75) is 45.3 Å². The number of ketones is 1. The summed E-state index contributed by atoms with van der Waals surface area (Å²) >= 11 is 0. The quantitative estimate of drug-likeness (QED) is 0.678. The highest BCUT2D eigenvalue weighted by Crippen LogP contribution is 2.42. The summed E-state index contributed by atoms with van der Waals surface area (Å²) in [6, 6.07) is 7.46. The number of benzene rings is 1. The van der Waals surface area contributed by atoms with Crippen molar-refractivity contribution < 1.29 is 9.53 Å². The Balaban J connectivity index is 2.10. The van der Waals surface area contributed by atoms with Gasteiger partial charge in [-0.3, -0.25) is 4.79 Å². The number of rotatable bonds is 3. The highest BCUT2D eigenvalue weighted by atomic mass is 16.5. The molecule has 1 heterocycles. The summed E-state index contributed by atoms with van der Waals surface area (Å²) in [6.45, 7) is 8.04. The molecule has 2 N–H and O–H groups in total. The topological polar surface area (TPSA) is 52.3 Å². The molecule has 0 aromatic heterocycles. The second-order valence-corrected chi connectivity index (χ2v) is 6.62. The zero-order chi connectivity index (χ0) is 15.0. The number of carbonyl (C=O) groups is 1. The Morgan fingerprint density at radius 2 is 1.85 bits per heavy atom. The number of carbonyl (C=O) groups excluding carboxylic acids is 1. The zero-order valence-corrected chi connectivity index (χ0v) is 12.6. The van der Waals surface area contributed by atoms with Gasteiger partial charge in [0, 0.05) is 5.69 Å². The summed E-state index contributed by atoms with van der Waals surface area (Å²) in [7, 11) is 0. The lowest BCUT2D eigenvalue weighted by Crippen LogP contribution is -2.33. The Kier molecular flexibility index (Phi) is 3.74. The highest BCUT2D eigenvalue weighted by Gasteiger charge is 2.48. The van der Waals surface area contributed by atoms with Crippen LogP contribution in [0.3, 0.4) is 0 Å². The second kappa shape index (κ2) is 5.06. The minimum absolute atomic E-state index is 0.0949. The van der Waals surface area contributed by atoms with Crippen LogP contribution in [0.25, 0.3) is 6.08 Å². The molecule has 1 aromatic carbocycles. The molecule has 0 bridgehead atoms. The average Bonchev–Trinajstić information content (AvgIpc) is 2.56. The van der Waals surface area contributed by atoms with Crippen molar-refractivity contribution in [2.24, 2.45) is 5.92 Å². The van der Waals surface area contributed by atoms with Gasteiger partial charge in [0.25, 0.3) is 0 Å². The third-order valence-corrected chi connectivity index (χ3v) is 3.79. The van der Waals surface area contributed by atoms with Gasteiger partial charge in [-0.2, -0.15) is 0 Å². The molecule has 0 amide bonds. The van der Waals surface area contributed by atoms with Gasteiger partial charge < -0.3 is 10.5 Å². The van der Waals surface area contributed by atoms with Gasteiger partial charge >= 0.3 is 0 Å². The van der Waals surface area contributed by atoms with E-state index in [1.54, 1.807) is 6.08 Å². The number of nitrogens with two attached hydrogens (primary N) is 1. The Hall–Kier alpha value is -1.61. The molecule has 1 fully saturated rings. The van der Waals surface area contributed by atoms with Crippen molar-refractivity contribution in [2.75, 3.05) is 5.73 Å². The Morgan fingerprint density at radius 3 is 2.35 bits per heavy atom. The van der Waals surface area contributed by atoms with E-state index < -0.39 is 5.60 Å². The standard InChI is InChI=1S/C17H23NO2/c1-16(2)11-14(17(3,4)20-16)15(19)10-7-12-5-8-13(18)9-6-12/h5-10,14H,11,18H2,1-4H3/b10-7+. The lowest BCUT2D eigenvalue weighted by Gasteiger charge is -2.26. The minimum Gasteiger partial charge on any atom is -0.399 e. The number of hydrogen-bond acceptors (Lipinski definition) is 3. The van der Waals surface area contributed by atoms with Crippen LogP contribution in [0.5, 0.6) is 0 Å². The maximum Gasteiger partial charge on any atom is 0.161 e. The van der Waals surface area contributed by atoms with Crippen LogP contribution in [0.1, 0.15) is 39.7 Å². The van der Waals surface area contributed by atoms with Crippen molar-refractivity contribution in [3.8, 4) is 0 Å². The first-order valence-electron chi connectivity index (χ1n) is 6.97. The minimum atomic E-state index is -0.411. The van der Waals surface area contributed by atoms with E-state index in [1.165, 1.54) is 0 Å². The molecule has 20 heavy (non-hydrogen) atoms. The van der Waals surface area contributed by atoms with Gasteiger partial charge in [-0.05, 0) is 57.9 Å². The van der Waals surface area contributed by atoms with Gasteiger partial charge in [0.1, 0.15) is 0 Å². The SMILES string of the molecule is CC1(C)CC(C(=O)/C=C/c2ccc(N)cc2)C(C)(C)O1. The molecule has 1 atom stereocenters. The summed E-state index contributed by atoms with van der Waals surface area (Å²) in [6.07, 6.45) is 4.25. The molecule has 1 saturated heterocycles. The van der Waals surface area contributed by atoms with E-state index in [4.69, 9.17) is 10.5 Å². The monoisotopic (exact) mass is 273 g/mol. The lowest BCUT2D eigenvalue weighted by molar-refractivity contribution is -0.124.